The van der Waals surface area contributed by atoms with Crippen LogP contribution in [0.4, 0.5) is 0 Å². The van der Waals surface area contributed by atoms with Crippen molar-refractivity contribution in [2.45, 2.75) is 6.92 Å². The summed E-state index contributed by atoms with van der Waals surface area (Å²) < 4.78 is 1.83. The second kappa shape index (κ2) is 6.42. The van der Waals surface area contributed by atoms with E-state index in [0.717, 1.165) is 10.7 Å². The third-order valence-electron chi connectivity index (χ3n) is 3.75. The zero-order chi connectivity index (χ0) is 18.4. The Morgan fingerprint density at radius 3 is 2.69 bits per heavy atom. The van der Waals surface area contributed by atoms with Gasteiger partial charge in [0.05, 0.1) is 10.6 Å². The maximum atomic E-state index is 12.4. The second-order valence-electron chi connectivity index (χ2n) is 5.57. The molecule has 0 aliphatic carbocycles. The number of carbonyl (C=O) groups is 1. The lowest BCUT2D eigenvalue weighted by atomic mass is 10.1. The van der Waals surface area contributed by atoms with Crippen molar-refractivity contribution in [2.75, 3.05) is 0 Å². The Morgan fingerprint density at radius 1 is 1.23 bits per heavy atom. The third-order valence-corrected chi connectivity index (χ3v) is 5.01. The maximum absolute atomic E-state index is 12.4. The molecule has 3 heterocycles. The van der Waals surface area contributed by atoms with E-state index in [-0.39, 0.29) is 11.4 Å². The summed E-state index contributed by atoms with van der Waals surface area (Å²) in [5.41, 5.74) is 1.62. The van der Waals surface area contributed by atoms with Gasteiger partial charge in [0.2, 0.25) is 5.17 Å². The van der Waals surface area contributed by atoms with Crippen molar-refractivity contribution in [1.29, 1.82) is 5.41 Å². The minimum Gasteiger partial charge on any atom is -0.317 e. The number of fused-ring (bicyclic) bond motifs is 1. The second-order valence-corrected chi connectivity index (χ2v) is 7.60. The van der Waals surface area contributed by atoms with E-state index in [1.165, 1.54) is 16.8 Å². The molecule has 1 amide bonds. The number of rotatable bonds is 2. The summed E-state index contributed by atoms with van der Waals surface area (Å²) in [5, 5.41) is 16.1. The normalized spacial score (nSPS) is 18.3. The molecule has 0 radical (unpaired) electrons. The van der Waals surface area contributed by atoms with Gasteiger partial charge in [0.25, 0.3) is 5.91 Å². The SMILES string of the molecule is CC1=NN2C(=N)/C(=C\c3cccn3-c3cc(Cl)cc(Cl)c3)C(=O)N=C2S1. The number of carbonyl (C=O) groups excluding carboxylic acids is 1. The minimum absolute atomic E-state index is 0.00114. The zero-order valence-electron chi connectivity index (χ0n) is 13.4. The van der Waals surface area contributed by atoms with E-state index in [0.29, 0.717) is 20.9 Å². The van der Waals surface area contributed by atoms with Crippen molar-refractivity contribution in [3.8, 4) is 5.69 Å². The van der Waals surface area contributed by atoms with E-state index in [1.54, 1.807) is 31.2 Å². The molecule has 1 aromatic heterocycles. The van der Waals surface area contributed by atoms with E-state index >= 15 is 0 Å². The Labute approximate surface area is 163 Å². The van der Waals surface area contributed by atoms with Crippen LogP contribution in [0.3, 0.4) is 0 Å². The molecule has 1 aromatic carbocycles. The fraction of sp³-hybridized carbons (Fsp3) is 0.0588. The molecule has 2 aromatic rings. The highest BCUT2D eigenvalue weighted by molar-refractivity contribution is 8.26. The van der Waals surface area contributed by atoms with Crippen LogP contribution in [0.25, 0.3) is 11.8 Å². The first-order valence-electron chi connectivity index (χ1n) is 7.53. The van der Waals surface area contributed by atoms with E-state index in [9.17, 15) is 4.79 Å². The van der Waals surface area contributed by atoms with Gasteiger partial charge in [0.15, 0.2) is 5.84 Å². The smallest absolute Gasteiger partial charge is 0.283 e. The summed E-state index contributed by atoms with van der Waals surface area (Å²) in [5.74, 6) is -0.461. The monoisotopic (exact) mass is 403 g/mol. The topological polar surface area (TPSA) is 73.8 Å². The fourth-order valence-corrected chi connectivity index (χ4v) is 3.91. The number of nitrogens with zero attached hydrogens (tertiary/aromatic N) is 4. The largest absolute Gasteiger partial charge is 0.317 e. The van der Waals surface area contributed by atoms with Crippen LogP contribution >= 0.6 is 35.0 Å². The molecule has 0 saturated heterocycles. The number of benzene rings is 1. The number of nitrogens with one attached hydrogen (secondary N) is 1. The van der Waals surface area contributed by atoms with Crippen molar-refractivity contribution in [3.05, 3.63) is 57.8 Å². The van der Waals surface area contributed by atoms with Crippen LogP contribution < -0.4 is 0 Å². The van der Waals surface area contributed by atoms with E-state index < -0.39 is 5.91 Å². The highest BCUT2D eigenvalue weighted by atomic mass is 35.5. The Hall–Kier alpha value is -2.35. The summed E-state index contributed by atoms with van der Waals surface area (Å²) in [7, 11) is 0. The number of amides is 1. The molecule has 0 spiro atoms. The van der Waals surface area contributed by atoms with Crippen LogP contribution in [0.2, 0.25) is 10.0 Å². The summed E-state index contributed by atoms with van der Waals surface area (Å²) in [6.07, 6.45) is 3.45. The number of amidine groups is 2. The maximum Gasteiger partial charge on any atom is 0.283 e. The molecule has 6 nitrogen and oxygen atoms in total. The molecule has 2 aliphatic heterocycles. The lowest BCUT2D eigenvalue weighted by Crippen LogP contribution is -2.35. The van der Waals surface area contributed by atoms with Crippen LogP contribution in [0.5, 0.6) is 0 Å². The van der Waals surface area contributed by atoms with E-state index in [4.69, 9.17) is 28.6 Å². The average molecular weight is 404 g/mol. The molecule has 0 fully saturated rings. The van der Waals surface area contributed by atoms with Gasteiger partial charge in [0, 0.05) is 27.6 Å². The Balaban J connectivity index is 1.78. The fourth-order valence-electron chi connectivity index (χ4n) is 2.66. The van der Waals surface area contributed by atoms with Crippen LogP contribution in [-0.2, 0) is 4.79 Å². The Kier molecular flexibility index (Phi) is 4.22. The standard InChI is InChI=1S/C17H11Cl2N5OS/c1-9-22-24-15(20)14(16(25)21-17(24)26-9)8-12-3-2-4-23(12)13-6-10(18)5-11(19)7-13/h2-8,20H,1H3/b14-8+,20-15?. The number of hydrazone groups is 1. The number of hydrogen-bond acceptors (Lipinski definition) is 4. The number of hydrogen-bond donors (Lipinski definition) is 1. The highest BCUT2D eigenvalue weighted by Crippen LogP contribution is 2.29. The molecule has 0 atom stereocenters. The highest BCUT2D eigenvalue weighted by Gasteiger charge is 2.34. The van der Waals surface area contributed by atoms with Gasteiger partial charge in [-0.15, -0.1) is 0 Å². The average Bonchev–Trinajstić information content (AvgIpc) is 3.16. The van der Waals surface area contributed by atoms with Crippen molar-refractivity contribution < 1.29 is 4.79 Å². The minimum atomic E-state index is -0.462. The zero-order valence-corrected chi connectivity index (χ0v) is 15.7. The van der Waals surface area contributed by atoms with E-state index in [1.807, 2.05) is 22.9 Å². The first kappa shape index (κ1) is 17.1. The molecular formula is C17H11Cl2N5OS. The number of aromatic nitrogens is 1. The van der Waals surface area contributed by atoms with Crippen molar-refractivity contribution >= 4 is 63.0 Å². The van der Waals surface area contributed by atoms with Gasteiger partial charge in [0.1, 0.15) is 0 Å². The number of halogens is 2. The Morgan fingerprint density at radius 2 is 1.96 bits per heavy atom. The number of aliphatic imine (C=N–C) groups is 1. The molecule has 1 N–H and O–H groups in total. The summed E-state index contributed by atoms with van der Waals surface area (Å²) in [4.78, 5) is 16.4. The van der Waals surface area contributed by atoms with E-state index in [2.05, 4.69) is 10.1 Å². The first-order chi connectivity index (χ1) is 12.4. The van der Waals surface area contributed by atoms with Crippen LogP contribution in [0.1, 0.15) is 12.6 Å². The van der Waals surface area contributed by atoms with Gasteiger partial charge in [-0.25, -0.2) is 0 Å². The summed E-state index contributed by atoms with van der Waals surface area (Å²) >= 11 is 13.5. The lowest BCUT2D eigenvalue weighted by molar-refractivity contribution is -0.114. The predicted octanol–water partition coefficient (Wildman–Crippen LogP) is 4.42. The Bertz CT molecular complexity index is 1030. The quantitative estimate of drug-likeness (QED) is 0.753. The molecule has 2 aliphatic rings. The number of thioether (sulfide) groups is 1. The molecule has 4 rings (SSSR count). The van der Waals surface area contributed by atoms with Crippen molar-refractivity contribution in [2.24, 2.45) is 10.1 Å². The van der Waals surface area contributed by atoms with Gasteiger partial charge in [-0.2, -0.15) is 15.1 Å². The summed E-state index contributed by atoms with van der Waals surface area (Å²) in [6, 6.07) is 8.85. The summed E-state index contributed by atoms with van der Waals surface area (Å²) in [6.45, 7) is 1.81. The molecule has 9 heteroatoms. The third kappa shape index (κ3) is 2.98. The van der Waals surface area contributed by atoms with Gasteiger partial charge in [-0.05, 0) is 55.1 Å². The molecule has 0 saturated carbocycles. The van der Waals surface area contributed by atoms with Crippen LogP contribution in [0.15, 0.2) is 52.2 Å². The van der Waals surface area contributed by atoms with Gasteiger partial charge >= 0.3 is 0 Å². The molecular weight excluding hydrogens is 393 g/mol. The predicted molar refractivity (Wildman–Crippen MR) is 106 cm³/mol. The van der Waals surface area contributed by atoms with Gasteiger partial charge in [-0.3, -0.25) is 10.2 Å². The lowest BCUT2D eigenvalue weighted by Gasteiger charge is -2.20. The van der Waals surface area contributed by atoms with Gasteiger partial charge in [-0.1, -0.05) is 23.2 Å². The first-order valence-corrected chi connectivity index (χ1v) is 9.10. The van der Waals surface area contributed by atoms with Crippen LogP contribution in [-0.4, -0.2) is 31.5 Å². The molecule has 0 unspecified atom stereocenters. The molecule has 0 bridgehead atoms. The van der Waals surface area contributed by atoms with Crippen LogP contribution in [0, 0.1) is 5.41 Å². The molecule has 26 heavy (non-hydrogen) atoms. The van der Waals surface area contributed by atoms with Crippen molar-refractivity contribution in [3.63, 3.8) is 0 Å². The van der Waals surface area contributed by atoms with Gasteiger partial charge < -0.3 is 4.57 Å². The molecule has 130 valence electrons. The van der Waals surface area contributed by atoms with Crippen molar-refractivity contribution in [1.82, 2.24) is 9.58 Å².